The monoisotopic (exact) mass is 856 g/mol. The highest BCUT2D eigenvalue weighted by molar-refractivity contribution is 6.37. The number of benzene rings is 2. The molecule has 2 bridgehead atoms. The number of rotatable bonds is 4. The van der Waals surface area contributed by atoms with E-state index in [0.29, 0.717) is 42.7 Å². The standard InChI is InChI=1S/C44H47ClF2N8O6/c1-42(2,3)60-40(56)53-16-15-52-28-10-7-9-25(30(28)26(18-48)38(52)53)31-33(45)36-32-35(34(31)47)49-39(59-22-44-13-8-14-51(44)19-23(46)17-44)50-37(32)54-20-24-11-12-27(29(54)21-58-36)55(24)41(57)61-43(4,5)6/h7,9-10,15-16,23-24,27,29H,8,11-14,17,19-22H2,1-6H3/t23-,24?,27?,29-,44+/m1/s1. The number of piperazine rings is 1. The number of carbonyl (C=O) groups is 2. The van der Waals surface area contributed by atoms with Crippen molar-refractivity contribution < 1.29 is 37.3 Å². The number of nitriles is 1. The highest BCUT2D eigenvalue weighted by Crippen LogP contribution is 2.52. The predicted molar refractivity (Wildman–Crippen MR) is 223 cm³/mol. The summed E-state index contributed by atoms with van der Waals surface area (Å²) in [6.07, 6.45) is 4.51. The number of halogens is 3. The van der Waals surface area contributed by atoms with Gasteiger partial charge in [0.1, 0.15) is 59.2 Å². The number of amides is 1. The minimum absolute atomic E-state index is 0.0553. The number of imidazole rings is 1. The number of hydrogen-bond donors (Lipinski definition) is 0. The Balaban J connectivity index is 1.15. The van der Waals surface area contributed by atoms with Crippen molar-refractivity contribution in [2.24, 2.45) is 0 Å². The highest BCUT2D eigenvalue weighted by Gasteiger charge is 2.53. The van der Waals surface area contributed by atoms with Gasteiger partial charge >= 0.3 is 18.2 Å². The Kier molecular flexibility index (Phi) is 8.99. The summed E-state index contributed by atoms with van der Waals surface area (Å²) in [5.74, 6) is -0.279. The van der Waals surface area contributed by atoms with Gasteiger partial charge in [0.2, 0.25) is 0 Å². The van der Waals surface area contributed by atoms with E-state index < -0.39 is 47.0 Å². The maximum absolute atomic E-state index is 17.9. The van der Waals surface area contributed by atoms with Gasteiger partial charge in [0.15, 0.2) is 11.6 Å². The van der Waals surface area contributed by atoms with Gasteiger partial charge in [-0.05, 0) is 85.4 Å². The van der Waals surface area contributed by atoms with Crippen molar-refractivity contribution >= 4 is 57.1 Å². The van der Waals surface area contributed by atoms with Crippen molar-refractivity contribution in [3.8, 4) is 29.0 Å². The van der Waals surface area contributed by atoms with Gasteiger partial charge in [0, 0.05) is 42.9 Å². The molecule has 10 rings (SSSR count). The molecule has 14 nitrogen and oxygen atoms in total. The minimum atomic E-state index is -0.978. The van der Waals surface area contributed by atoms with Crippen LogP contribution in [-0.4, -0.2) is 115 Å². The van der Waals surface area contributed by atoms with Crippen LogP contribution in [0, 0.1) is 17.1 Å². The Morgan fingerprint density at radius 1 is 1.03 bits per heavy atom. The Bertz CT molecular complexity index is 2720. The lowest BCUT2D eigenvalue weighted by molar-refractivity contribution is 0.00542. The second-order valence-electron chi connectivity index (χ2n) is 19.0. The lowest BCUT2D eigenvalue weighted by Gasteiger charge is -2.46. The fourth-order valence-electron chi connectivity index (χ4n) is 10.5. The average Bonchev–Trinajstić information content (AvgIpc) is 3.97. The number of carbonyl (C=O) groups excluding carboxylic acids is 2. The molecule has 0 saturated carbocycles. The van der Waals surface area contributed by atoms with Crippen LogP contribution in [0.1, 0.15) is 79.2 Å². The van der Waals surface area contributed by atoms with Gasteiger partial charge in [-0.2, -0.15) is 15.2 Å². The Hall–Kier alpha value is -5.40. The van der Waals surface area contributed by atoms with E-state index in [0.717, 1.165) is 25.8 Å². The van der Waals surface area contributed by atoms with Gasteiger partial charge in [-0.1, -0.05) is 23.7 Å². The summed E-state index contributed by atoms with van der Waals surface area (Å²) in [7, 11) is 0. The topological polar surface area (TPSA) is 140 Å². The van der Waals surface area contributed by atoms with E-state index >= 15 is 4.39 Å². The third kappa shape index (κ3) is 6.24. The van der Waals surface area contributed by atoms with Crippen LogP contribution in [0.15, 0.2) is 30.6 Å². The average molecular weight is 857 g/mol. The van der Waals surface area contributed by atoms with Crippen LogP contribution in [-0.2, 0) is 9.47 Å². The van der Waals surface area contributed by atoms with Crippen molar-refractivity contribution in [2.75, 3.05) is 37.7 Å². The molecular weight excluding hydrogens is 810 g/mol. The van der Waals surface area contributed by atoms with Gasteiger partial charge in [-0.25, -0.2) is 22.9 Å². The van der Waals surface area contributed by atoms with E-state index in [1.54, 1.807) is 49.6 Å². The normalized spacial score (nSPS) is 24.8. The Morgan fingerprint density at radius 3 is 2.56 bits per heavy atom. The molecule has 0 N–H and O–H groups in total. The summed E-state index contributed by atoms with van der Waals surface area (Å²) >= 11 is 7.35. The molecule has 5 aliphatic rings. The van der Waals surface area contributed by atoms with Gasteiger partial charge < -0.3 is 23.8 Å². The van der Waals surface area contributed by atoms with E-state index in [4.69, 9.17) is 40.5 Å². The fraction of sp³-hybridized carbons (Fsp3) is 0.523. The first-order chi connectivity index (χ1) is 29.0. The third-order valence-corrected chi connectivity index (χ3v) is 13.2. The van der Waals surface area contributed by atoms with E-state index in [1.165, 1.54) is 10.8 Å². The Morgan fingerprint density at radius 2 is 1.80 bits per heavy atom. The smallest absolute Gasteiger partial charge is 0.420 e. The molecule has 5 atom stereocenters. The number of nitrogens with zero attached hydrogens (tertiary/aromatic N) is 8. The van der Waals surface area contributed by atoms with Crippen LogP contribution in [0.4, 0.5) is 24.2 Å². The maximum Gasteiger partial charge on any atom is 0.420 e. The second kappa shape index (κ2) is 13.8. The van der Waals surface area contributed by atoms with Gasteiger partial charge in [-0.15, -0.1) is 0 Å². The molecule has 17 heteroatoms. The molecule has 3 aromatic heterocycles. The Labute approximate surface area is 355 Å². The molecular formula is C44H47ClF2N8O6. The van der Waals surface area contributed by atoms with Gasteiger partial charge in [0.25, 0.3) is 0 Å². The number of alkyl halides is 1. The molecule has 4 fully saturated rings. The summed E-state index contributed by atoms with van der Waals surface area (Å²) in [5, 5.41) is 11.3. The number of fused-ring (bicyclic) bond motifs is 9. The summed E-state index contributed by atoms with van der Waals surface area (Å²) in [6, 6.07) is 6.39. The first-order valence-electron chi connectivity index (χ1n) is 20.9. The van der Waals surface area contributed by atoms with Gasteiger partial charge in [0.05, 0.1) is 39.6 Å². The zero-order valence-corrected chi connectivity index (χ0v) is 35.7. The second-order valence-corrected chi connectivity index (χ2v) is 19.4. The van der Waals surface area contributed by atoms with Crippen molar-refractivity contribution in [3.05, 3.63) is 47.0 Å². The van der Waals surface area contributed by atoms with E-state index in [9.17, 15) is 19.2 Å². The van der Waals surface area contributed by atoms with Crippen LogP contribution in [0.3, 0.4) is 0 Å². The van der Waals surface area contributed by atoms with Crippen LogP contribution in [0.25, 0.3) is 38.6 Å². The zero-order valence-electron chi connectivity index (χ0n) is 34.9. The minimum Gasteiger partial charge on any atom is -0.489 e. The summed E-state index contributed by atoms with van der Waals surface area (Å²) in [4.78, 5) is 42.8. The van der Waals surface area contributed by atoms with Crippen molar-refractivity contribution in [1.29, 1.82) is 5.26 Å². The predicted octanol–water partition coefficient (Wildman–Crippen LogP) is 8.26. The number of anilines is 1. The molecule has 5 aliphatic heterocycles. The van der Waals surface area contributed by atoms with Crippen LogP contribution in [0.2, 0.25) is 5.02 Å². The molecule has 8 heterocycles. The largest absolute Gasteiger partial charge is 0.489 e. The van der Waals surface area contributed by atoms with Crippen LogP contribution >= 0.6 is 11.6 Å². The van der Waals surface area contributed by atoms with Crippen LogP contribution < -0.4 is 14.4 Å². The molecule has 320 valence electrons. The summed E-state index contributed by atoms with van der Waals surface area (Å²) < 4.78 is 60.3. The first kappa shape index (κ1) is 39.7. The molecule has 0 spiro atoms. The van der Waals surface area contributed by atoms with E-state index in [1.807, 2.05) is 25.7 Å². The number of aromatic nitrogens is 4. The maximum atomic E-state index is 17.9. The molecule has 1 amide bonds. The quantitative estimate of drug-likeness (QED) is 0.173. The molecule has 61 heavy (non-hydrogen) atoms. The summed E-state index contributed by atoms with van der Waals surface area (Å²) in [6.45, 7) is 12.4. The molecule has 0 aliphatic carbocycles. The lowest BCUT2D eigenvalue weighted by Crippen LogP contribution is -2.63. The van der Waals surface area contributed by atoms with Crippen molar-refractivity contribution in [3.63, 3.8) is 0 Å². The van der Waals surface area contributed by atoms with Crippen LogP contribution in [0.5, 0.6) is 11.8 Å². The van der Waals surface area contributed by atoms with Crippen molar-refractivity contribution in [2.45, 2.75) is 115 Å². The molecule has 2 unspecified atom stereocenters. The molecule has 0 radical (unpaired) electrons. The number of ether oxygens (including phenoxy) is 4. The molecule has 5 aromatic rings. The number of hydrogen-bond acceptors (Lipinski definition) is 11. The van der Waals surface area contributed by atoms with Crippen molar-refractivity contribution in [1.82, 2.24) is 28.7 Å². The lowest BCUT2D eigenvalue weighted by atomic mass is 9.95. The first-order valence-corrected chi connectivity index (χ1v) is 21.3. The van der Waals surface area contributed by atoms with E-state index in [2.05, 4.69) is 15.9 Å². The molecule has 2 aromatic carbocycles. The fourth-order valence-corrected chi connectivity index (χ4v) is 10.8. The summed E-state index contributed by atoms with van der Waals surface area (Å²) in [5.41, 5.74) is -1.05. The third-order valence-electron chi connectivity index (χ3n) is 12.8. The zero-order chi connectivity index (χ0) is 42.9. The SMILES string of the molecule is CC(C)(C)OC(=O)N1C2CCC1[C@H]1COc3c(Cl)c(-c4cccc5c4c(C#N)c4n(C(=O)OC(C)(C)C)ccn54)c(F)c4nc(OC[C@@]56CCCN5C[C@H](F)C6)nc(c34)N1C2. The molecule has 4 saturated heterocycles. The van der Waals surface area contributed by atoms with Gasteiger partial charge in [-0.3, -0.25) is 14.2 Å². The highest BCUT2D eigenvalue weighted by atomic mass is 35.5. The van der Waals surface area contributed by atoms with E-state index in [-0.39, 0.29) is 75.3 Å².